The molecule has 1 aliphatic rings. The first kappa shape index (κ1) is 18.6. The Morgan fingerprint density at radius 3 is 2.46 bits per heavy atom. The summed E-state index contributed by atoms with van der Waals surface area (Å²) in [6.45, 7) is 1.97. The molecule has 4 nitrogen and oxygen atoms in total. The largest absolute Gasteiger partial charge is 0.350 e. The second-order valence-corrected chi connectivity index (χ2v) is 7.62. The molecule has 26 heavy (non-hydrogen) atoms. The Kier molecular flexibility index (Phi) is 6.09. The van der Waals surface area contributed by atoms with Crippen molar-refractivity contribution in [3.8, 4) is 0 Å². The molecular formula is C21H23BrN2O2. The fourth-order valence-corrected chi connectivity index (χ4v) is 3.27. The van der Waals surface area contributed by atoms with Crippen molar-refractivity contribution in [3.05, 3.63) is 64.1 Å². The van der Waals surface area contributed by atoms with Gasteiger partial charge in [0.25, 0.3) is 0 Å². The Morgan fingerprint density at radius 1 is 1.12 bits per heavy atom. The topological polar surface area (TPSA) is 58.2 Å². The molecule has 0 aromatic heterocycles. The molecule has 1 fully saturated rings. The number of carbonyl (C=O) groups excluding carboxylic acids is 2. The van der Waals surface area contributed by atoms with Crippen LogP contribution in [0.3, 0.4) is 0 Å². The third-order valence-electron chi connectivity index (χ3n) is 4.58. The number of nitrogens with one attached hydrogen (secondary N) is 2. The van der Waals surface area contributed by atoms with E-state index in [0.717, 1.165) is 34.1 Å². The predicted molar refractivity (Wildman–Crippen MR) is 107 cm³/mol. The van der Waals surface area contributed by atoms with Gasteiger partial charge in [-0.05, 0) is 55.5 Å². The smallest absolute Gasteiger partial charge is 0.227 e. The first-order valence-corrected chi connectivity index (χ1v) is 9.76. The molecule has 136 valence electrons. The van der Waals surface area contributed by atoms with Crippen LogP contribution >= 0.6 is 15.9 Å². The summed E-state index contributed by atoms with van der Waals surface area (Å²) >= 11 is 3.51. The van der Waals surface area contributed by atoms with Crippen molar-refractivity contribution in [2.24, 2.45) is 5.92 Å². The summed E-state index contributed by atoms with van der Waals surface area (Å²) < 4.78 is 1.03. The lowest BCUT2D eigenvalue weighted by Crippen LogP contribution is -2.26. The Labute approximate surface area is 162 Å². The molecular weight excluding hydrogens is 392 g/mol. The molecule has 2 aromatic carbocycles. The minimum atomic E-state index is -0.0742. The predicted octanol–water partition coefficient (Wildman–Crippen LogP) is 4.61. The number of benzene rings is 2. The standard InChI is InChI=1S/C21H23BrN2O2/c1-14(23-20(25)13-10-16-4-2-3-5-19(16)22)15-8-11-18(12-9-15)24-21(26)17-6-7-17/h2-5,8-9,11-12,14,17H,6-7,10,13H2,1H3,(H,23,25)(H,24,26). The van der Waals surface area contributed by atoms with E-state index in [-0.39, 0.29) is 23.8 Å². The van der Waals surface area contributed by atoms with Crippen molar-refractivity contribution in [1.82, 2.24) is 5.32 Å². The monoisotopic (exact) mass is 414 g/mol. The van der Waals surface area contributed by atoms with Gasteiger partial charge in [0.2, 0.25) is 11.8 Å². The van der Waals surface area contributed by atoms with Crippen molar-refractivity contribution in [2.45, 2.75) is 38.6 Å². The summed E-state index contributed by atoms with van der Waals surface area (Å²) in [7, 11) is 0. The summed E-state index contributed by atoms with van der Waals surface area (Å²) in [5, 5.41) is 5.96. The molecule has 1 atom stereocenters. The fraction of sp³-hybridized carbons (Fsp3) is 0.333. The van der Waals surface area contributed by atoms with E-state index in [1.54, 1.807) is 0 Å². The maximum atomic E-state index is 12.2. The zero-order chi connectivity index (χ0) is 18.5. The average molecular weight is 415 g/mol. The molecule has 0 radical (unpaired) electrons. The molecule has 2 N–H and O–H groups in total. The summed E-state index contributed by atoms with van der Waals surface area (Å²) in [6, 6.07) is 15.5. The maximum Gasteiger partial charge on any atom is 0.227 e. The van der Waals surface area contributed by atoms with E-state index >= 15 is 0 Å². The molecule has 0 heterocycles. The number of hydrogen-bond acceptors (Lipinski definition) is 2. The SMILES string of the molecule is CC(NC(=O)CCc1ccccc1Br)c1ccc(NC(=O)C2CC2)cc1. The van der Waals surface area contributed by atoms with Crippen LogP contribution in [0.15, 0.2) is 53.0 Å². The quantitative estimate of drug-likeness (QED) is 0.694. The lowest BCUT2D eigenvalue weighted by molar-refractivity contribution is -0.121. The van der Waals surface area contributed by atoms with Gasteiger partial charge in [-0.25, -0.2) is 0 Å². The van der Waals surface area contributed by atoms with Gasteiger partial charge in [-0.15, -0.1) is 0 Å². The van der Waals surface area contributed by atoms with Crippen molar-refractivity contribution in [1.29, 1.82) is 0 Å². The van der Waals surface area contributed by atoms with Gasteiger partial charge in [0.1, 0.15) is 0 Å². The van der Waals surface area contributed by atoms with Gasteiger partial charge in [-0.3, -0.25) is 9.59 Å². The van der Waals surface area contributed by atoms with Crippen LogP contribution < -0.4 is 10.6 Å². The van der Waals surface area contributed by atoms with E-state index in [1.165, 1.54) is 0 Å². The molecule has 1 unspecified atom stereocenters. The number of halogens is 1. The molecule has 5 heteroatoms. The van der Waals surface area contributed by atoms with Crippen molar-refractivity contribution >= 4 is 33.4 Å². The van der Waals surface area contributed by atoms with E-state index in [2.05, 4.69) is 26.6 Å². The van der Waals surface area contributed by atoms with E-state index in [9.17, 15) is 9.59 Å². The van der Waals surface area contributed by atoms with Crippen LogP contribution in [-0.4, -0.2) is 11.8 Å². The number of rotatable bonds is 7. The van der Waals surface area contributed by atoms with Crippen molar-refractivity contribution in [3.63, 3.8) is 0 Å². The van der Waals surface area contributed by atoms with Crippen LogP contribution in [0.2, 0.25) is 0 Å². The fourth-order valence-electron chi connectivity index (χ4n) is 2.79. The Bertz CT molecular complexity index is 785. The summed E-state index contributed by atoms with van der Waals surface area (Å²) in [5.41, 5.74) is 2.95. The van der Waals surface area contributed by atoms with Gasteiger partial charge in [0.05, 0.1) is 6.04 Å². The van der Waals surface area contributed by atoms with E-state index in [1.807, 2.05) is 55.5 Å². The van der Waals surface area contributed by atoms with Crippen LogP contribution in [0, 0.1) is 5.92 Å². The third-order valence-corrected chi connectivity index (χ3v) is 5.36. The van der Waals surface area contributed by atoms with Gasteiger partial charge in [-0.1, -0.05) is 46.3 Å². The average Bonchev–Trinajstić information content (AvgIpc) is 3.47. The van der Waals surface area contributed by atoms with Gasteiger partial charge in [0.15, 0.2) is 0 Å². The van der Waals surface area contributed by atoms with Gasteiger partial charge >= 0.3 is 0 Å². The normalized spacial score (nSPS) is 14.5. The lowest BCUT2D eigenvalue weighted by Gasteiger charge is -2.15. The molecule has 2 amide bonds. The third kappa shape index (κ3) is 5.18. The van der Waals surface area contributed by atoms with E-state index < -0.39 is 0 Å². The first-order chi connectivity index (χ1) is 12.5. The second kappa shape index (κ2) is 8.49. The Balaban J connectivity index is 1.49. The minimum Gasteiger partial charge on any atom is -0.350 e. The Morgan fingerprint density at radius 2 is 1.81 bits per heavy atom. The highest BCUT2D eigenvalue weighted by molar-refractivity contribution is 9.10. The maximum absolute atomic E-state index is 12.2. The highest BCUT2D eigenvalue weighted by Crippen LogP contribution is 2.30. The molecule has 0 aliphatic heterocycles. The number of hydrogen-bond donors (Lipinski definition) is 2. The molecule has 3 rings (SSSR count). The first-order valence-electron chi connectivity index (χ1n) is 8.96. The van der Waals surface area contributed by atoms with Crippen LogP contribution in [0.4, 0.5) is 5.69 Å². The van der Waals surface area contributed by atoms with Crippen LogP contribution in [0.25, 0.3) is 0 Å². The molecule has 1 aliphatic carbocycles. The highest BCUT2D eigenvalue weighted by Gasteiger charge is 2.29. The van der Waals surface area contributed by atoms with Gasteiger partial charge in [0, 0.05) is 22.5 Å². The van der Waals surface area contributed by atoms with Crippen LogP contribution in [0.1, 0.15) is 43.4 Å². The number of carbonyl (C=O) groups is 2. The zero-order valence-electron chi connectivity index (χ0n) is 14.8. The van der Waals surface area contributed by atoms with E-state index in [0.29, 0.717) is 12.8 Å². The highest BCUT2D eigenvalue weighted by atomic mass is 79.9. The molecule has 0 spiro atoms. The summed E-state index contributed by atoms with van der Waals surface area (Å²) in [4.78, 5) is 24.0. The number of aryl methyl sites for hydroxylation is 1. The van der Waals surface area contributed by atoms with Gasteiger partial charge in [-0.2, -0.15) is 0 Å². The second-order valence-electron chi connectivity index (χ2n) is 6.77. The lowest BCUT2D eigenvalue weighted by atomic mass is 10.1. The van der Waals surface area contributed by atoms with Crippen molar-refractivity contribution < 1.29 is 9.59 Å². The van der Waals surface area contributed by atoms with Gasteiger partial charge < -0.3 is 10.6 Å². The Hall–Kier alpha value is -2.14. The van der Waals surface area contributed by atoms with Crippen LogP contribution in [0.5, 0.6) is 0 Å². The molecule has 0 bridgehead atoms. The summed E-state index contributed by atoms with van der Waals surface area (Å²) in [5.74, 6) is 0.322. The van der Waals surface area contributed by atoms with Crippen molar-refractivity contribution in [2.75, 3.05) is 5.32 Å². The van der Waals surface area contributed by atoms with E-state index in [4.69, 9.17) is 0 Å². The minimum absolute atomic E-state index is 0.0272. The molecule has 2 aromatic rings. The molecule has 1 saturated carbocycles. The molecule has 0 saturated heterocycles. The summed E-state index contributed by atoms with van der Waals surface area (Å²) in [6.07, 6.45) is 3.13. The number of amides is 2. The zero-order valence-corrected chi connectivity index (χ0v) is 16.4. The number of anilines is 1. The van der Waals surface area contributed by atoms with Crippen LogP contribution in [-0.2, 0) is 16.0 Å².